The average molecular weight is 1110 g/mol. The van der Waals surface area contributed by atoms with Gasteiger partial charge in [-0.3, -0.25) is 4.79 Å². The van der Waals surface area contributed by atoms with Crippen LogP contribution in [0.2, 0.25) is 0 Å². The van der Waals surface area contributed by atoms with Gasteiger partial charge in [-0.25, -0.2) is 0 Å². The number of nitrogens with one attached hydrogen (secondary N) is 1. The third kappa shape index (κ3) is 12.4. The zero-order valence-corrected chi connectivity index (χ0v) is 44.5. The average Bonchev–Trinajstić information content (AvgIpc) is 3.87. The normalized spacial score (nSPS) is 50.0. The van der Waals surface area contributed by atoms with E-state index in [4.69, 9.17) is 42.6 Å². The molecule has 4 saturated carbocycles. The Kier molecular flexibility index (Phi) is 20.8. The van der Waals surface area contributed by atoms with E-state index in [9.17, 15) is 76.3 Å². The van der Waals surface area contributed by atoms with Gasteiger partial charge in [-0.05, 0) is 111 Å². The zero-order chi connectivity index (χ0) is 55.8. The van der Waals surface area contributed by atoms with Gasteiger partial charge in [0.1, 0.15) is 97.7 Å². The molecule has 1 amide bonds. The Labute approximate surface area is 448 Å². The molecule has 25 nitrogen and oxygen atoms in total. The van der Waals surface area contributed by atoms with E-state index < -0.39 is 174 Å². The molecule has 11 unspecified atom stereocenters. The number of ether oxygens (including phenoxy) is 9. The predicted octanol–water partition coefficient (Wildman–Crippen LogP) is -4.16. The summed E-state index contributed by atoms with van der Waals surface area (Å²) in [5.74, 6) is 2.90. The summed E-state index contributed by atoms with van der Waals surface area (Å²) in [7, 11) is 1.83. The van der Waals surface area contributed by atoms with Crippen LogP contribution in [-0.4, -0.2) is 259 Å². The van der Waals surface area contributed by atoms with Gasteiger partial charge in [0, 0.05) is 13.5 Å². The molecule has 8 aliphatic rings. The van der Waals surface area contributed by atoms with Crippen molar-refractivity contribution in [3.05, 3.63) is 0 Å². The first-order valence-corrected chi connectivity index (χ1v) is 27.9. The summed E-state index contributed by atoms with van der Waals surface area (Å²) in [5.41, 5.74) is 0.470. The molecule has 0 aromatic rings. The van der Waals surface area contributed by atoms with Gasteiger partial charge in [-0.15, -0.1) is 0 Å². The fraction of sp³-hybridized carbons (Fsp3) is 0.981. The van der Waals surface area contributed by atoms with Crippen LogP contribution in [0.1, 0.15) is 91.4 Å². The molecule has 4 heterocycles. The number of carbonyl (C=O) groups excluding carboxylic acids is 1. The summed E-state index contributed by atoms with van der Waals surface area (Å²) in [5, 5.41) is 150. The number of hydrogen-bond donors (Lipinski definition) is 15. The summed E-state index contributed by atoms with van der Waals surface area (Å²) < 4.78 is 51.5. The molecule has 0 spiro atoms. The number of carbonyl (C=O) groups is 1. The smallest absolute Gasteiger partial charge is 0.220 e. The number of methoxy groups -OCH3 is 1. The van der Waals surface area contributed by atoms with Crippen molar-refractivity contribution in [3.63, 3.8) is 0 Å². The lowest BCUT2D eigenvalue weighted by Gasteiger charge is -2.61. The van der Waals surface area contributed by atoms with Crippen LogP contribution >= 0.6 is 0 Å². The lowest BCUT2D eigenvalue weighted by atomic mass is 9.44. The van der Waals surface area contributed by atoms with Gasteiger partial charge in [-0.1, -0.05) is 20.8 Å². The Balaban J connectivity index is 0.916. The molecule has 30 atom stereocenters. The van der Waals surface area contributed by atoms with E-state index in [0.717, 1.165) is 25.7 Å². The maximum absolute atomic E-state index is 14.0. The fourth-order valence-corrected chi connectivity index (χ4v) is 15.2. The van der Waals surface area contributed by atoms with Crippen LogP contribution in [0, 0.1) is 46.3 Å². The minimum absolute atomic E-state index is 0.108. The molecule has 8 fully saturated rings. The molecule has 0 radical (unpaired) electrons. The van der Waals surface area contributed by atoms with E-state index in [1.54, 1.807) is 0 Å². The molecule has 4 aliphatic carbocycles. The highest BCUT2D eigenvalue weighted by Gasteiger charge is 2.61. The maximum Gasteiger partial charge on any atom is 0.220 e. The van der Waals surface area contributed by atoms with E-state index in [1.807, 2.05) is 7.11 Å². The summed E-state index contributed by atoms with van der Waals surface area (Å²) >= 11 is 0. The number of rotatable bonds is 20. The van der Waals surface area contributed by atoms with Crippen LogP contribution < -0.4 is 5.32 Å². The topological polar surface area (TPSA) is 395 Å². The molecule has 0 aromatic carbocycles. The predicted molar refractivity (Wildman–Crippen MR) is 261 cm³/mol. The van der Waals surface area contributed by atoms with Crippen molar-refractivity contribution in [1.82, 2.24) is 5.32 Å². The molecule has 4 saturated heterocycles. The quantitative estimate of drug-likeness (QED) is 0.0550. The van der Waals surface area contributed by atoms with Gasteiger partial charge in [-0.2, -0.15) is 0 Å². The van der Waals surface area contributed by atoms with E-state index >= 15 is 0 Å². The molecule has 0 bridgehead atoms. The van der Waals surface area contributed by atoms with Crippen LogP contribution in [0.4, 0.5) is 0 Å². The van der Waals surface area contributed by atoms with Crippen molar-refractivity contribution >= 4 is 5.91 Å². The third-order valence-corrected chi connectivity index (χ3v) is 19.7. The summed E-state index contributed by atoms with van der Waals surface area (Å²) in [4.78, 5) is 14.0. The largest absolute Gasteiger partial charge is 0.394 e. The fourth-order valence-electron chi connectivity index (χ4n) is 15.2. The lowest BCUT2D eigenvalue weighted by Crippen LogP contribution is -2.65. The SMILES string of the molecule is CO[C@@H]1CC[C@@]2(C)[C@H](CC[C@@H]3[C@@H]2CC[C@]2(C)[C@@H]([C@H](C)CCC(=O)NC(CO[C@@H]4OC(CO)C(OC5OC(CO)[C@@H](O)[C@H](O)C5O)[C@H](O)C4O)CO[C@@H]4OC(CO)[C@@H](O[C@H]5OC(CO)[C@@H](O)[C@H](O)C5O)[C@H](O)C4O)CC[C@@H]32)C1. The monoisotopic (exact) mass is 1110 g/mol. The van der Waals surface area contributed by atoms with Crippen molar-refractivity contribution in [2.45, 2.75) is 226 Å². The van der Waals surface area contributed by atoms with Crippen molar-refractivity contribution in [2.24, 2.45) is 46.3 Å². The molecule has 25 heteroatoms. The Bertz CT molecular complexity index is 1800. The molecule has 77 heavy (non-hydrogen) atoms. The maximum atomic E-state index is 14.0. The van der Waals surface area contributed by atoms with Gasteiger partial charge in [0.15, 0.2) is 25.2 Å². The second-order valence-corrected chi connectivity index (χ2v) is 24.0. The Morgan fingerprint density at radius 2 is 1.03 bits per heavy atom. The number of fused-ring (bicyclic) bond motifs is 5. The zero-order valence-electron chi connectivity index (χ0n) is 44.5. The van der Waals surface area contributed by atoms with E-state index in [0.29, 0.717) is 47.5 Å². The molecular formula is C52H89NO24. The molecule has 8 rings (SSSR count). The minimum Gasteiger partial charge on any atom is -0.394 e. The highest BCUT2D eigenvalue weighted by atomic mass is 16.8. The molecule has 15 N–H and O–H groups in total. The molecular weight excluding hydrogens is 1020 g/mol. The van der Waals surface area contributed by atoms with E-state index in [2.05, 4.69) is 26.1 Å². The van der Waals surface area contributed by atoms with Crippen molar-refractivity contribution in [2.75, 3.05) is 46.8 Å². The number of aliphatic hydroxyl groups excluding tert-OH is 14. The first kappa shape index (κ1) is 61.6. The van der Waals surface area contributed by atoms with Crippen LogP contribution in [0.3, 0.4) is 0 Å². The van der Waals surface area contributed by atoms with Crippen LogP contribution in [-0.2, 0) is 47.4 Å². The molecule has 446 valence electrons. The van der Waals surface area contributed by atoms with Crippen LogP contribution in [0.5, 0.6) is 0 Å². The van der Waals surface area contributed by atoms with Gasteiger partial charge in [0.25, 0.3) is 0 Å². The Morgan fingerprint density at radius 1 is 0.558 bits per heavy atom. The minimum atomic E-state index is -1.91. The first-order valence-electron chi connectivity index (χ1n) is 27.9. The standard InChI is InChI=1S/C52H89NO24/c1-22(27-8-9-28-26-7-6-23-15-25(69-4)11-13-51(23,2)29(26)12-14-52(27,28)3)5-10-34(58)53-24(20-70-47-43(67)39(63)45(32(18-56)74-47)76-49-41(65)37(61)35(59)30(16-54)72-49)21-71-48-44(68)40(64)46(33(19-57)75-48)77-50-42(66)38(62)36(60)31(17-55)73-50/h22-33,35-50,54-57,59-68H,5-21H2,1-4H3,(H,53,58)/t22-,23-,24?,25-,26+,27-,28+,29+,30?,31?,32?,33?,35-,36-,37+,38+,39-,40-,41?,42?,43?,44?,45-,46?,47-,48-,49-,50?,51+,52-/m1/s1. The van der Waals surface area contributed by atoms with Gasteiger partial charge in [0.2, 0.25) is 5.91 Å². The van der Waals surface area contributed by atoms with Crippen LogP contribution in [0.15, 0.2) is 0 Å². The van der Waals surface area contributed by atoms with Crippen molar-refractivity contribution < 1.29 is 119 Å². The van der Waals surface area contributed by atoms with E-state index in [-0.39, 0.29) is 17.8 Å². The van der Waals surface area contributed by atoms with E-state index in [1.165, 1.54) is 32.1 Å². The second-order valence-electron chi connectivity index (χ2n) is 24.0. The number of aliphatic hydroxyl groups is 14. The van der Waals surface area contributed by atoms with Crippen molar-refractivity contribution in [3.8, 4) is 0 Å². The number of amides is 1. The van der Waals surface area contributed by atoms with Crippen LogP contribution in [0.25, 0.3) is 0 Å². The van der Waals surface area contributed by atoms with Gasteiger partial charge in [0.05, 0.1) is 51.8 Å². The van der Waals surface area contributed by atoms with Crippen molar-refractivity contribution in [1.29, 1.82) is 0 Å². The number of hydrogen-bond acceptors (Lipinski definition) is 24. The second kappa shape index (κ2) is 26.0. The van der Waals surface area contributed by atoms with Gasteiger partial charge < -0.3 is 119 Å². The summed E-state index contributed by atoms with van der Waals surface area (Å²) in [6, 6.07) is -1.12. The van der Waals surface area contributed by atoms with Gasteiger partial charge >= 0.3 is 0 Å². The molecule has 4 aliphatic heterocycles. The highest BCUT2D eigenvalue weighted by Crippen LogP contribution is 2.68. The molecule has 0 aromatic heterocycles. The Hall–Kier alpha value is -1.45. The summed E-state index contributed by atoms with van der Waals surface area (Å²) in [6.07, 6.45) is -22.7. The Morgan fingerprint density at radius 3 is 1.52 bits per heavy atom. The summed E-state index contributed by atoms with van der Waals surface area (Å²) in [6.45, 7) is 3.00. The first-order chi connectivity index (χ1) is 36.6. The third-order valence-electron chi connectivity index (χ3n) is 19.7. The lowest BCUT2D eigenvalue weighted by molar-refractivity contribution is -0.362. The highest BCUT2D eigenvalue weighted by molar-refractivity contribution is 5.76.